The average molecular weight is 381 g/mol. The molecule has 28 heavy (non-hydrogen) atoms. The van der Waals surface area contributed by atoms with Gasteiger partial charge in [0.1, 0.15) is 0 Å². The van der Waals surface area contributed by atoms with Crippen molar-refractivity contribution in [1.29, 1.82) is 0 Å². The molecule has 146 valence electrons. The first-order valence-electron chi connectivity index (χ1n) is 9.01. The van der Waals surface area contributed by atoms with Gasteiger partial charge >= 0.3 is 6.03 Å². The van der Waals surface area contributed by atoms with Crippen molar-refractivity contribution in [2.75, 3.05) is 11.9 Å². The number of carbonyl (C=O) groups excluding carboxylic acids is 2. The van der Waals surface area contributed by atoms with Crippen LogP contribution in [0, 0.1) is 6.92 Å². The minimum atomic E-state index is -0.681. The molecule has 3 rings (SSSR count). The molecule has 0 bridgehead atoms. The van der Waals surface area contributed by atoms with Crippen molar-refractivity contribution in [3.05, 3.63) is 64.9 Å². The first kappa shape index (κ1) is 19.3. The number of hydrogen-bond donors (Lipinski definition) is 4. The molecule has 0 aliphatic carbocycles. The largest absolute Gasteiger partial charge is 0.504 e. The Hall–Kier alpha value is -3.48. The molecule has 0 saturated heterocycles. The van der Waals surface area contributed by atoms with E-state index in [1.54, 1.807) is 19.1 Å². The van der Waals surface area contributed by atoms with E-state index in [4.69, 9.17) is 4.74 Å². The van der Waals surface area contributed by atoms with Gasteiger partial charge in [0.15, 0.2) is 11.5 Å². The number of hydrogen-bond acceptors (Lipinski definition) is 4. The summed E-state index contributed by atoms with van der Waals surface area (Å²) in [5.41, 5.74) is 3.22. The van der Waals surface area contributed by atoms with Crippen LogP contribution >= 0.6 is 0 Å². The Labute approximate surface area is 163 Å². The average Bonchev–Trinajstić information content (AvgIpc) is 2.65. The number of phenols is 1. The smallest absolute Gasteiger partial charge is 0.319 e. The van der Waals surface area contributed by atoms with Crippen molar-refractivity contribution in [2.24, 2.45) is 0 Å². The number of aryl methyl sites for hydroxylation is 1. The van der Waals surface area contributed by atoms with E-state index in [9.17, 15) is 14.7 Å². The Morgan fingerprint density at radius 3 is 2.57 bits per heavy atom. The highest BCUT2D eigenvalue weighted by Crippen LogP contribution is 2.34. The van der Waals surface area contributed by atoms with Gasteiger partial charge in [-0.05, 0) is 50.6 Å². The maximum absolute atomic E-state index is 13.0. The van der Waals surface area contributed by atoms with Crippen molar-refractivity contribution in [2.45, 2.75) is 26.8 Å². The summed E-state index contributed by atoms with van der Waals surface area (Å²) in [6.45, 7) is 5.84. The van der Waals surface area contributed by atoms with Gasteiger partial charge in [-0.3, -0.25) is 4.79 Å². The number of aromatic hydroxyl groups is 1. The molecule has 0 radical (unpaired) electrons. The van der Waals surface area contributed by atoms with E-state index < -0.39 is 12.1 Å². The molecule has 1 atom stereocenters. The lowest BCUT2D eigenvalue weighted by Crippen LogP contribution is -2.45. The zero-order chi connectivity index (χ0) is 20.3. The van der Waals surface area contributed by atoms with Crippen LogP contribution in [0.15, 0.2) is 53.7 Å². The number of phenolic OH excluding ortho intramolecular Hbond substituents is 1. The first-order chi connectivity index (χ1) is 13.4. The number of rotatable bonds is 5. The second kappa shape index (κ2) is 8.04. The first-order valence-corrected chi connectivity index (χ1v) is 9.01. The molecule has 4 N–H and O–H groups in total. The second-order valence-corrected chi connectivity index (χ2v) is 6.55. The minimum absolute atomic E-state index is 0.00257. The number of ether oxygens (including phenoxy) is 1. The molecule has 1 unspecified atom stereocenters. The third kappa shape index (κ3) is 4.09. The molecule has 2 aromatic rings. The van der Waals surface area contributed by atoms with Gasteiger partial charge in [0.05, 0.1) is 18.2 Å². The van der Waals surface area contributed by atoms with Crippen molar-refractivity contribution in [1.82, 2.24) is 10.6 Å². The Kier molecular flexibility index (Phi) is 5.54. The van der Waals surface area contributed by atoms with Gasteiger partial charge in [-0.15, -0.1) is 0 Å². The topological polar surface area (TPSA) is 99.7 Å². The Bertz CT molecular complexity index is 935. The maximum Gasteiger partial charge on any atom is 0.319 e. The van der Waals surface area contributed by atoms with Gasteiger partial charge in [0.2, 0.25) is 0 Å². The van der Waals surface area contributed by atoms with E-state index >= 15 is 0 Å². The number of anilines is 1. The molecule has 1 heterocycles. The standard InChI is InChI=1S/C21H23N3O4/c1-4-28-17-11-14(7-10-16(17)25)19-18(13(3)22-21(27)24-19)20(26)23-15-8-5-12(2)6-9-15/h5-11,19,25H,4H2,1-3H3,(H,23,26)(H2,22,24,27). The van der Waals surface area contributed by atoms with E-state index in [1.807, 2.05) is 38.1 Å². The zero-order valence-electron chi connectivity index (χ0n) is 16.0. The van der Waals surface area contributed by atoms with Crippen LogP contribution in [0.3, 0.4) is 0 Å². The fourth-order valence-corrected chi connectivity index (χ4v) is 3.06. The summed E-state index contributed by atoms with van der Waals surface area (Å²) in [6, 6.07) is 11.1. The molecule has 3 amide bonds. The van der Waals surface area contributed by atoms with E-state index in [0.717, 1.165) is 5.56 Å². The highest BCUT2D eigenvalue weighted by Gasteiger charge is 2.31. The van der Waals surface area contributed by atoms with E-state index in [0.29, 0.717) is 34.9 Å². The highest BCUT2D eigenvalue weighted by atomic mass is 16.5. The summed E-state index contributed by atoms with van der Waals surface area (Å²) in [4.78, 5) is 25.0. The Morgan fingerprint density at radius 2 is 1.89 bits per heavy atom. The predicted molar refractivity (Wildman–Crippen MR) is 106 cm³/mol. The molecular formula is C21H23N3O4. The SMILES string of the molecule is CCOc1cc(C2NC(=O)NC(C)=C2C(=O)Nc2ccc(C)cc2)ccc1O. The summed E-state index contributed by atoms with van der Waals surface area (Å²) >= 11 is 0. The fourth-order valence-electron chi connectivity index (χ4n) is 3.06. The molecule has 1 aliphatic heterocycles. The lowest BCUT2D eigenvalue weighted by atomic mass is 9.94. The number of allylic oxidation sites excluding steroid dienone is 1. The quantitative estimate of drug-likeness (QED) is 0.638. The van der Waals surface area contributed by atoms with Gasteiger partial charge in [-0.1, -0.05) is 23.8 Å². The van der Waals surface area contributed by atoms with E-state index in [1.165, 1.54) is 6.07 Å². The molecular weight excluding hydrogens is 358 g/mol. The number of amides is 3. The third-order valence-corrected chi connectivity index (χ3v) is 4.44. The molecule has 2 aromatic carbocycles. The molecule has 7 heteroatoms. The molecule has 7 nitrogen and oxygen atoms in total. The second-order valence-electron chi connectivity index (χ2n) is 6.55. The summed E-state index contributed by atoms with van der Waals surface area (Å²) in [5, 5.41) is 18.2. The number of benzene rings is 2. The summed E-state index contributed by atoms with van der Waals surface area (Å²) in [5.74, 6) is -0.0363. The number of carbonyl (C=O) groups is 2. The van der Waals surface area contributed by atoms with Gasteiger partial charge in [-0.25, -0.2) is 4.79 Å². The van der Waals surface area contributed by atoms with Crippen LogP contribution in [0.25, 0.3) is 0 Å². The summed E-state index contributed by atoms with van der Waals surface area (Å²) in [6.07, 6.45) is 0. The minimum Gasteiger partial charge on any atom is -0.504 e. The van der Waals surface area contributed by atoms with Crippen molar-refractivity contribution >= 4 is 17.6 Å². The predicted octanol–water partition coefficient (Wildman–Crippen LogP) is 3.37. The van der Waals surface area contributed by atoms with Crippen LogP contribution in [0.4, 0.5) is 10.5 Å². The molecule has 0 fully saturated rings. The highest BCUT2D eigenvalue weighted by molar-refractivity contribution is 6.06. The van der Waals surface area contributed by atoms with Crippen molar-refractivity contribution < 1.29 is 19.4 Å². The van der Waals surface area contributed by atoms with Crippen LogP contribution in [0.1, 0.15) is 31.0 Å². The number of urea groups is 1. The monoisotopic (exact) mass is 381 g/mol. The lowest BCUT2D eigenvalue weighted by Gasteiger charge is -2.29. The van der Waals surface area contributed by atoms with Crippen LogP contribution < -0.4 is 20.7 Å². The van der Waals surface area contributed by atoms with Crippen LogP contribution in [-0.4, -0.2) is 23.7 Å². The maximum atomic E-state index is 13.0. The molecule has 1 aliphatic rings. The van der Waals surface area contributed by atoms with Crippen LogP contribution in [0.5, 0.6) is 11.5 Å². The van der Waals surface area contributed by atoms with Crippen LogP contribution in [0.2, 0.25) is 0 Å². The summed E-state index contributed by atoms with van der Waals surface area (Å²) in [7, 11) is 0. The lowest BCUT2D eigenvalue weighted by molar-refractivity contribution is -0.113. The van der Waals surface area contributed by atoms with E-state index in [-0.39, 0.29) is 11.7 Å². The normalized spacial score (nSPS) is 16.2. The van der Waals surface area contributed by atoms with Gasteiger partial charge in [-0.2, -0.15) is 0 Å². The van der Waals surface area contributed by atoms with Crippen molar-refractivity contribution in [3.8, 4) is 11.5 Å². The molecule has 0 spiro atoms. The Morgan fingerprint density at radius 1 is 1.18 bits per heavy atom. The van der Waals surface area contributed by atoms with Gasteiger partial charge in [0, 0.05) is 11.4 Å². The van der Waals surface area contributed by atoms with Gasteiger partial charge in [0.25, 0.3) is 5.91 Å². The van der Waals surface area contributed by atoms with Gasteiger partial charge < -0.3 is 25.8 Å². The fraction of sp³-hybridized carbons (Fsp3) is 0.238. The molecule has 0 aromatic heterocycles. The van der Waals surface area contributed by atoms with E-state index in [2.05, 4.69) is 16.0 Å². The summed E-state index contributed by atoms with van der Waals surface area (Å²) < 4.78 is 5.43. The number of nitrogens with one attached hydrogen (secondary N) is 3. The van der Waals surface area contributed by atoms with Crippen molar-refractivity contribution in [3.63, 3.8) is 0 Å². The molecule has 0 saturated carbocycles. The Balaban J connectivity index is 1.95. The third-order valence-electron chi connectivity index (χ3n) is 4.44. The van der Waals surface area contributed by atoms with Crippen LogP contribution in [-0.2, 0) is 4.79 Å². The zero-order valence-corrected chi connectivity index (χ0v) is 16.0.